The van der Waals surface area contributed by atoms with E-state index in [2.05, 4.69) is 10.3 Å². The van der Waals surface area contributed by atoms with Crippen LogP contribution in [-0.4, -0.2) is 145 Å². The van der Waals surface area contributed by atoms with Gasteiger partial charge in [-0.25, -0.2) is 4.39 Å². The maximum absolute atomic E-state index is 14.6. The van der Waals surface area contributed by atoms with Crippen molar-refractivity contribution in [3.05, 3.63) is 65.6 Å². The maximum Gasteiger partial charge on any atom is 0.258 e. The summed E-state index contributed by atoms with van der Waals surface area (Å²) >= 11 is 0. The Labute approximate surface area is 284 Å². The van der Waals surface area contributed by atoms with Crippen LogP contribution in [0.2, 0.25) is 0 Å². The number of aromatic nitrogens is 1. The molecule has 1 aromatic heterocycles. The van der Waals surface area contributed by atoms with Gasteiger partial charge in [0, 0.05) is 63.8 Å². The van der Waals surface area contributed by atoms with Crippen LogP contribution in [0.3, 0.4) is 0 Å². The van der Waals surface area contributed by atoms with Crippen molar-refractivity contribution in [3.63, 3.8) is 0 Å². The highest BCUT2D eigenvalue weighted by Gasteiger charge is 2.36. The number of para-hydroxylation sites is 1. The van der Waals surface area contributed by atoms with Crippen LogP contribution in [0.1, 0.15) is 28.8 Å². The molecule has 0 spiro atoms. The number of carbonyl (C=O) groups excluding carboxylic acids is 5. The molecule has 13 nitrogen and oxygen atoms in total. The number of H-pyrrole nitrogens is 1. The van der Waals surface area contributed by atoms with E-state index in [0.717, 1.165) is 22.5 Å². The van der Waals surface area contributed by atoms with Crippen LogP contribution in [0.5, 0.6) is 5.75 Å². The zero-order valence-electron chi connectivity index (χ0n) is 28.4. The van der Waals surface area contributed by atoms with E-state index in [0.29, 0.717) is 13.0 Å². The molecule has 5 amide bonds. The van der Waals surface area contributed by atoms with Crippen LogP contribution in [0.4, 0.5) is 4.39 Å². The Hall–Kier alpha value is -4.98. The lowest BCUT2D eigenvalue weighted by atomic mass is 10.1. The Morgan fingerprint density at radius 3 is 2.61 bits per heavy atom. The Balaban J connectivity index is 1.38. The number of hydrogen-bond donors (Lipinski definition) is 2. The molecule has 1 fully saturated rings. The second-order valence-corrected chi connectivity index (χ2v) is 12.9. The van der Waals surface area contributed by atoms with Crippen LogP contribution in [-0.2, 0) is 25.6 Å². The zero-order valence-corrected chi connectivity index (χ0v) is 28.4. The van der Waals surface area contributed by atoms with Crippen molar-refractivity contribution in [2.75, 3.05) is 74.1 Å². The van der Waals surface area contributed by atoms with Gasteiger partial charge in [0.2, 0.25) is 23.6 Å². The van der Waals surface area contributed by atoms with Crippen molar-refractivity contribution in [2.45, 2.75) is 31.3 Å². The summed E-state index contributed by atoms with van der Waals surface area (Å²) in [6.45, 7) is 0.894. The summed E-state index contributed by atoms with van der Waals surface area (Å²) in [5.41, 5.74) is 1.90. The number of likely N-dealkylation sites (N-methyl/N-ethyl adjacent to an activating group) is 3. The number of benzene rings is 2. The molecule has 2 N–H and O–H groups in total. The number of nitrogens with one attached hydrogen (secondary N) is 2. The molecule has 2 aliphatic heterocycles. The molecule has 0 unspecified atom stereocenters. The number of piperazine rings is 1. The molecule has 0 bridgehead atoms. The predicted molar refractivity (Wildman–Crippen MR) is 180 cm³/mol. The third-order valence-corrected chi connectivity index (χ3v) is 9.10. The number of fused-ring (bicyclic) bond motifs is 3. The molecule has 3 aromatic rings. The lowest BCUT2D eigenvalue weighted by Crippen LogP contribution is -2.60. The number of ether oxygens (including phenoxy) is 1. The summed E-state index contributed by atoms with van der Waals surface area (Å²) < 4.78 is 20.7. The number of carbonyl (C=O) groups is 5. The molecule has 2 aromatic carbocycles. The van der Waals surface area contributed by atoms with E-state index < -0.39 is 29.7 Å². The molecule has 0 aliphatic carbocycles. The van der Waals surface area contributed by atoms with Gasteiger partial charge in [-0.1, -0.05) is 18.2 Å². The van der Waals surface area contributed by atoms with Gasteiger partial charge in [-0.15, -0.1) is 0 Å². The number of amides is 5. The first-order chi connectivity index (χ1) is 23.4. The molecule has 3 heterocycles. The SMILES string of the molecule is CN(C)CC(=O)N1CCN2C(=O)CN(C)C(=O)CC[C@@H](C(=O)NCCc3c[nH]c4ccccc34)N(C)C(=O)c3cc(F)ccc3OC[C@@H]2C1. The molecule has 49 heavy (non-hydrogen) atoms. The topological polar surface area (TPSA) is 139 Å². The molecule has 1 saturated heterocycles. The minimum absolute atomic E-state index is 0.0285. The monoisotopic (exact) mass is 677 g/mol. The smallest absolute Gasteiger partial charge is 0.258 e. The van der Waals surface area contributed by atoms with Gasteiger partial charge in [0.1, 0.15) is 24.2 Å². The zero-order chi connectivity index (χ0) is 35.2. The average Bonchev–Trinajstić information content (AvgIpc) is 3.49. The Bertz CT molecular complexity index is 1710. The normalized spacial score (nSPS) is 19.7. The minimum atomic E-state index is -1.08. The van der Waals surface area contributed by atoms with Gasteiger partial charge in [0.15, 0.2) is 0 Å². The summed E-state index contributed by atoms with van der Waals surface area (Å²) in [4.78, 5) is 78.1. The molecule has 2 atom stereocenters. The lowest BCUT2D eigenvalue weighted by Gasteiger charge is -2.42. The second-order valence-electron chi connectivity index (χ2n) is 12.9. The fourth-order valence-corrected chi connectivity index (χ4v) is 6.35. The van der Waals surface area contributed by atoms with E-state index in [4.69, 9.17) is 4.74 Å². The van der Waals surface area contributed by atoms with Crippen LogP contribution in [0, 0.1) is 5.82 Å². The van der Waals surface area contributed by atoms with E-state index in [1.54, 1.807) is 28.8 Å². The summed E-state index contributed by atoms with van der Waals surface area (Å²) in [6, 6.07) is 9.72. The van der Waals surface area contributed by atoms with Crippen LogP contribution in [0.25, 0.3) is 10.9 Å². The second kappa shape index (κ2) is 15.5. The van der Waals surface area contributed by atoms with Crippen molar-refractivity contribution in [2.24, 2.45) is 0 Å². The van der Waals surface area contributed by atoms with E-state index in [-0.39, 0.29) is 81.2 Å². The van der Waals surface area contributed by atoms with Crippen LogP contribution < -0.4 is 10.1 Å². The largest absolute Gasteiger partial charge is 0.491 e. The fourth-order valence-electron chi connectivity index (χ4n) is 6.35. The molecule has 2 aliphatic rings. The summed E-state index contributed by atoms with van der Waals surface area (Å²) in [7, 11) is 6.54. The third-order valence-electron chi connectivity index (χ3n) is 9.10. The Morgan fingerprint density at radius 2 is 1.84 bits per heavy atom. The van der Waals surface area contributed by atoms with Crippen LogP contribution in [0.15, 0.2) is 48.7 Å². The van der Waals surface area contributed by atoms with Gasteiger partial charge in [0.25, 0.3) is 5.91 Å². The molecule has 14 heteroatoms. The van der Waals surface area contributed by atoms with Crippen molar-refractivity contribution in [1.29, 1.82) is 0 Å². The molecular weight excluding hydrogens is 633 g/mol. The summed E-state index contributed by atoms with van der Waals surface area (Å²) in [5, 5.41) is 3.95. The minimum Gasteiger partial charge on any atom is -0.491 e. The van der Waals surface area contributed by atoms with Gasteiger partial charge >= 0.3 is 0 Å². The molecule has 0 radical (unpaired) electrons. The quantitative estimate of drug-likeness (QED) is 0.402. The van der Waals surface area contributed by atoms with Crippen molar-refractivity contribution >= 4 is 40.4 Å². The van der Waals surface area contributed by atoms with Gasteiger partial charge in [-0.2, -0.15) is 0 Å². The van der Waals surface area contributed by atoms with Gasteiger partial charge < -0.3 is 39.5 Å². The molecular formula is C35H44FN7O6. The Morgan fingerprint density at radius 1 is 1.06 bits per heavy atom. The highest BCUT2D eigenvalue weighted by atomic mass is 19.1. The van der Waals surface area contributed by atoms with E-state index >= 15 is 0 Å². The first-order valence-corrected chi connectivity index (χ1v) is 16.4. The molecule has 0 saturated carbocycles. The predicted octanol–water partition coefficient (Wildman–Crippen LogP) is 1.34. The lowest BCUT2D eigenvalue weighted by molar-refractivity contribution is -0.147. The standard InChI is InChI=1S/C35H44FN7O6/c1-39(2)20-32(45)42-15-16-43-25(19-42)22-49-30-11-9-24(36)17-27(30)35(48)41(4)29(10-12-31(44)40(3)21-33(43)46)34(47)37-14-13-23-18-38-28-8-6-5-7-26(23)28/h5-9,11,17-18,25,29,38H,10,12-16,19-22H2,1-4H3,(H,37,47)/t25-,29-/m0/s1. The number of halogens is 1. The van der Waals surface area contributed by atoms with Crippen molar-refractivity contribution in [1.82, 2.24) is 34.8 Å². The molecule has 262 valence electrons. The van der Waals surface area contributed by atoms with Crippen molar-refractivity contribution < 1.29 is 33.1 Å². The van der Waals surface area contributed by atoms with Crippen molar-refractivity contribution in [3.8, 4) is 5.75 Å². The van der Waals surface area contributed by atoms with E-state index in [1.165, 1.54) is 36.0 Å². The number of nitrogens with zero attached hydrogens (tertiary/aromatic N) is 5. The first-order valence-electron chi connectivity index (χ1n) is 16.4. The van der Waals surface area contributed by atoms with Crippen LogP contribution >= 0.6 is 0 Å². The van der Waals surface area contributed by atoms with E-state index in [1.807, 2.05) is 30.5 Å². The Kier molecular flexibility index (Phi) is 11.2. The maximum atomic E-state index is 14.6. The third kappa shape index (κ3) is 8.37. The fraction of sp³-hybridized carbons (Fsp3) is 0.457. The highest BCUT2D eigenvalue weighted by Crippen LogP contribution is 2.25. The highest BCUT2D eigenvalue weighted by molar-refractivity contribution is 5.99. The number of aromatic amines is 1. The van der Waals surface area contributed by atoms with Gasteiger partial charge in [0.05, 0.1) is 24.7 Å². The first kappa shape index (κ1) is 35.3. The summed E-state index contributed by atoms with van der Waals surface area (Å²) in [5.74, 6) is -2.54. The number of hydrogen-bond acceptors (Lipinski definition) is 7. The average molecular weight is 678 g/mol. The van der Waals surface area contributed by atoms with Gasteiger partial charge in [-0.3, -0.25) is 24.0 Å². The summed E-state index contributed by atoms with van der Waals surface area (Å²) in [6.07, 6.45) is 2.27. The van der Waals surface area contributed by atoms with Gasteiger partial charge in [-0.05, 0) is 56.8 Å². The molecule has 5 rings (SSSR count). The number of rotatable bonds is 6. The van der Waals surface area contributed by atoms with E-state index in [9.17, 15) is 28.4 Å².